The normalized spacial score (nSPS) is 38.2. The lowest BCUT2D eigenvalue weighted by molar-refractivity contribution is 0.343. The summed E-state index contributed by atoms with van der Waals surface area (Å²) in [5.74, 6) is 2.34. The molecular formula is C8H11N3O. The molecule has 0 bridgehead atoms. The van der Waals surface area contributed by atoms with Crippen molar-refractivity contribution in [3.05, 3.63) is 11.7 Å². The van der Waals surface area contributed by atoms with Gasteiger partial charge in [0, 0.05) is 6.54 Å². The number of hydrogen-bond donors (Lipinski definition) is 1. The standard InChI is InChI=1S/C8H11N3O/c1-5-10-7(12-11-5)8-2-6(8)3-9-4-8/h6,9H,2-4H2,1H3/t6-,8-/m1/s1. The van der Waals surface area contributed by atoms with Crippen molar-refractivity contribution in [3.8, 4) is 0 Å². The first-order valence-corrected chi connectivity index (χ1v) is 4.33. The van der Waals surface area contributed by atoms with Crippen molar-refractivity contribution in [2.24, 2.45) is 5.92 Å². The topological polar surface area (TPSA) is 51.0 Å². The predicted molar refractivity (Wildman–Crippen MR) is 41.7 cm³/mol. The molecule has 0 unspecified atom stereocenters. The molecule has 1 saturated carbocycles. The molecule has 0 aromatic carbocycles. The molecule has 64 valence electrons. The minimum atomic E-state index is 0.223. The summed E-state index contributed by atoms with van der Waals surface area (Å²) in [7, 11) is 0. The second kappa shape index (κ2) is 1.88. The summed E-state index contributed by atoms with van der Waals surface area (Å²) < 4.78 is 5.19. The fraction of sp³-hybridized carbons (Fsp3) is 0.750. The molecule has 2 heterocycles. The zero-order chi connectivity index (χ0) is 8.18. The molecule has 4 heteroatoms. The van der Waals surface area contributed by atoms with Gasteiger partial charge in [0.05, 0.1) is 5.41 Å². The number of rotatable bonds is 1. The Hall–Kier alpha value is -0.900. The molecule has 2 fully saturated rings. The fourth-order valence-electron chi connectivity index (χ4n) is 2.17. The Morgan fingerprint density at radius 3 is 3.08 bits per heavy atom. The maximum absolute atomic E-state index is 5.19. The highest BCUT2D eigenvalue weighted by atomic mass is 16.5. The predicted octanol–water partition coefficient (Wildman–Crippen LogP) is 0.239. The van der Waals surface area contributed by atoms with Crippen molar-refractivity contribution < 1.29 is 4.52 Å². The first kappa shape index (κ1) is 6.60. The van der Waals surface area contributed by atoms with Crippen LogP contribution >= 0.6 is 0 Å². The molecule has 1 aliphatic heterocycles. The molecule has 0 amide bonds. The summed E-state index contributed by atoms with van der Waals surface area (Å²) >= 11 is 0. The van der Waals surface area contributed by atoms with Gasteiger partial charge in [-0.25, -0.2) is 0 Å². The van der Waals surface area contributed by atoms with Gasteiger partial charge in [-0.15, -0.1) is 0 Å². The van der Waals surface area contributed by atoms with Crippen molar-refractivity contribution >= 4 is 0 Å². The zero-order valence-electron chi connectivity index (χ0n) is 7.00. The van der Waals surface area contributed by atoms with E-state index in [4.69, 9.17) is 4.52 Å². The molecule has 0 radical (unpaired) electrons. The van der Waals surface area contributed by atoms with Crippen LogP contribution in [0, 0.1) is 12.8 Å². The van der Waals surface area contributed by atoms with E-state index in [-0.39, 0.29) is 5.41 Å². The zero-order valence-corrected chi connectivity index (χ0v) is 7.00. The minimum absolute atomic E-state index is 0.223. The van der Waals surface area contributed by atoms with Crippen molar-refractivity contribution in [1.29, 1.82) is 0 Å². The van der Waals surface area contributed by atoms with Gasteiger partial charge in [0.25, 0.3) is 0 Å². The molecular weight excluding hydrogens is 154 g/mol. The Morgan fingerprint density at radius 2 is 2.58 bits per heavy atom. The molecule has 3 rings (SSSR count). The van der Waals surface area contributed by atoms with Crippen LogP contribution in [0.3, 0.4) is 0 Å². The number of hydrogen-bond acceptors (Lipinski definition) is 4. The van der Waals surface area contributed by atoms with Crippen molar-refractivity contribution in [3.63, 3.8) is 0 Å². The molecule has 2 atom stereocenters. The number of aromatic nitrogens is 2. The van der Waals surface area contributed by atoms with Crippen molar-refractivity contribution in [1.82, 2.24) is 15.5 Å². The summed E-state index contributed by atoms with van der Waals surface area (Å²) in [5, 5.41) is 7.16. The highest BCUT2D eigenvalue weighted by Crippen LogP contribution is 2.55. The summed E-state index contributed by atoms with van der Waals surface area (Å²) in [6, 6.07) is 0. The van der Waals surface area contributed by atoms with Crippen LogP contribution in [0.15, 0.2) is 4.52 Å². The molecule has 0 spiro atoms. The van der Waals surface area contributed by atoms with Gasteiger partial charge in [-0.1, -0.05) is 5.16 Å². The van der Waals surface area contributed by atoms with E-state index in [1.165, 1.54) is 6.42 Å². The minimum Gasteiger partial charge on any atom is -0.339 e. The second-order valence-corrected chi connectivity index (χ2v) is 3.83. The monoisotopic (exact) mass is 165 g/mol. The second-order valence-electron chi connectivity index (χ2n) is 3.83. The van der Waals surface area contributed by atoms with E-state index in [0.29, 0.717) is 0 Å². The van der Waals surface area contributed by atoms with Gasteiger partial charge >= 0.3 is 0 Å². The van der Waals surface area contributed by atoms with Crippen LogP contribution in [0.25, 0.3) is 0 Å². The largest absolute Gasteiger partial charge is 0.339 e. The Labute approximate surface area is 70.3 Å². The summed E-state index contributed by atoms with van der Waals surface area (Å²) in [5.41, 5.74) is 0.223. The lowest BCUT2D eigenvalue weighted by Crippen LogP contribution is -2.19. The van der Waals surface area contributed by atoms with E-state index in [9.17, 15) is 0 Å². The number of nitrogens with zero attached hydrogens (tertiary/aromatic N) is 2. The van der Waals surface area contributed by atoms with E-state index in [1.54, 1.807) is 0 Å². The summed E-state index contributed by atoms with van der Waals surface area (Å²) in [4.78, 5) is 4.29. The van der Waals surface area contributed by atoms with Gasteiger partial charge in [-0.3, -0.25) is 0 Å². The smallest absolute Gasteiger partial charge is 0.234 e. The van der Waals surface area contributed by atoms with E-state index in [0.717, 1.165) is 30.7 Å². The molecule has 1 aliphatic carbocycles. The van der Waals surface area contributed by atoms with Crippen LogP contribution in [0.5, 0.6) is 0 Å². The Kier molecular flexibility index (Phi) is 1.03. The van der Waals surface area contributed by atoms with Gasteiger partial charge in [0.2, 0.25) is 5.89 Å². The van der Waals surface area contributed by atoms with Crippen LogP contribution in [-0.2, 0) is 5.41 Å². The number of piperidine rings is 1. The average Bonchev–Trinajstić information content (AvgIpc) is 2.50. The Bertz CT molecular complexity index is 322. The van der Waals surface area contributed by atoms with Crippen molar-refractivity contribution in [2.75, 3.05) is 13.1 Å². The van der Waals surface area contributed by atoms with Gasteiger partial charge < -0.3 is 9.84 Å². The van der Waals surface area contributed by atoms with Gasteiger partial charge in [0.15, 0.2) is 5.82 Å². The highest BCUT2D eigenvalue weighted by Gasteiger charge is 2.62. The average molecular weight is 165 g/mol. The van der Waals surface area contributed by atoms with E-state index < -0.39 is 0 Å². The van der Waals surface area contributed by atoms with E-state index in [2.05, 4.69) is 15.5 Å². The molecule has 1 N–H and O–H groups in total. The number of fused-ring (bicyclic) bond motifs is 1. The molecule has 1 aromatic rings. The van der Waals surface area contributed by atoms with Crippen LogP contribution in [-0.4, -0.2) is 23.2 Å². The molecule has 2 aliphatic rings. The van der Waals surface area contributed by atoms with E-state index >= 15 is 0 Å². The Morgan fingerprint density at radius 1 is 1.67 bits per heavy atom. The maximum atomic E-state index is 5.19. The molecule has 1 aromatic heterocycles. The fourth-order valence-corrected chi connectivity index (χ4v) is 2.17. The van der Waals surface area contributed by atoms with E-state index in [1.807, 2.05) is 6.92 Å². The van der Waals surface area contributed by atoms with Crippen LogP contribution in [0.2, 0.25) is 0 Å². The first-order valence-electron chi connectivity index (χ1n) is 4.33. The maximum Gasteiger partial charge on any atom is 0.234 e. The van der Waals surface area contributed by atoms with Crippen LogP contribution < -0.4 is 5.32 Å². The molecule has 4 nitrogen and oxygen atoms in total. The third-order valence-corrected chi connectivity index (χ3v) is 3.02. The quantitative estimate of drug-likeness (QED) is 0.647. The SMILES string of the molecule is Cc1noc([C@]23CNC[C@H]2C3)n1. The highest BCUT2D eigenvalue weighted by molar-refractivity contribution is 5.25. The molecule has 12 heavy (non-hydrogen) atoms. The number of aryl methyl sites for hydroxylation is 1. The lowest BCUT2D eigenvalue weighted by Gasteiger charge is -2.02. The van der Waals surface area contributed by atoms with Crippen LogP contribution in [0.4, 0.5) is 0 Å². The Balaban J connectivity index is 1.99. The first-order chi connectivity index (χ1) is 5.81. The summed E-state index contributed by atoms with van der Waals surface area (Å²) in [6.07, 6.45) is 1.22. The van der Waals surface area contributed by atoms with Crippen molar-refractivity contribution in [2.45, 2.75) is 18.8 Å². The third kappa shape index (κ3) is 0.659. The van der Waals surface area contributed by atoms with Crippen LogP contribution in [0.1, 0.15) is 18.1 Å². The van der Waals surface area contributed by atoms with Gasteiger partial charge in [0.1, 0.15) is 0 Å². The van der Waals surface area contributed by atoms with Gasteiger partial charge in [-0.2, -0.15) is 4.98 Å². The molecule has 1 saturated heterocycles. The third-order valence-electron chi connectivity index (χ3n) is 3.02. The van der Waals surface area contributed by atoms with Gasteiger partial charge in [-0.05, 0) is 25.8 Å². The number of nitrogens with one attached hydrogen (secondary N) is 1. The summed E-state index contributed by atoms with van der Waals surface area (Å²) in [6.45, 7) is 3.99. The lowest BCUT2D eigenvalue weighted by atomic mass is 10.1.